The fraction of sp³-hybridized carbons (Fsp3) is 1.00. The maximum atomic E-state index is 11.8. The topological polar surface area (TPSA) is 43.4 Å². The van der Waals surface area contributed by atoms with Gasteiger partial charge in [-0.25, -0.2) is 0 Å². The van der Waals surface area contributed by atoms with Crippen LogP contribution < -0.4 is 0 Å². The second kappa shape index (κ2) is 2.48. The number of rotatable bonds is 0. The van der Waals surface area contributed by atoms with Crippen molar-refractivity contribution in [2.75, 3.05) is 0 Å². The Morgan fingerprint density at radius 1 is 1.43 bits per heavy atom. The third-order valence-electron chi connectivity index (χ3n) is 4.34. The molecule has 2 saturated carbocycles. The quantitative estimate of drug-likeness (QED) is 0.385. The fourth-order valence-corrected chi connectivity index (χ4v) is 8.51. The summed E-state index contributed by atoms with van der Waals surface area (Å²) in [6, 6.07) is 0. The molecule has 80 valence electrons. The third-order valence-corrected chi connectivity index (χ3v) is 8.24. The van der Waals surface area contributed by atoms with Crippen molar-refractivity contribution in [1.29, 1.82) is 0 Å². The maximum Gasteiger partial charge on any atom is 0.271 e. The molecule has 1 heterocycles. The summed E-state index contributed by atoms with van der Waals surface area (Å²) in [5, 5.41) is -0.234. The molecule has 0 spiro atoms. The average molecular weight is 328 g/mol. The van der Waals surface area contributed by atoms with Gasteiger partial charge < -0.3 is 0 Å². The molecule has 0 radical (unpaired) electrons. The van der Waals surface area contributed by atoms with E-state index in [0.29, 0.717) is 5.92 Å². The highest BCUT2D eigenvalue weighted by Crippen LogP contribution is 2.65. The van der Waals surface area contributed by atoms with E-state index in [1.165, 1.54) is 0 Å². The van der Waals surface area contributed by atoms with E-state index < -0.39 is 10.1 Å². The van der Waals surface area contributed by atoms with Crippen molar-refractivity contribution in [3.05, 3.63) is 0 Å². The lowest BCUT2D eigenvalue weighted by Gasteiger charge is -2.23. The van der Waals surface area contributed by atoms with Gasteiger partial charge in [-0.15, -0.1) is 0 Å². The molecule has 0 amide bonds. The molecule has 0 aromatic carbocycles. The molecule has 2 bridgehead atoms. The zero-order valence-corrected chi connectivity index (χ0v) is 11.1. The van der Waals surface area contributed by atoms with Crippen LogP contribution in [0.15, 0.2) is 0 Å². The molecular formula is C9H13IO3S. The molecule has 3 rings (SSSR count). The van der Waals surface area contributed by atoms with Crippen molar-refractivity contribution in [1.82, 2.24) is 0 Å². The second-order valence-electron chi connectivity index (χ2n) is 5.23. The summed E-state index contributed by atoms with van der Waals surface area (Å²) in [5.41, 5.74) is 0.144. The van der Waals surface area contributed by atoms with Gasteiger partial charge in [-0.1, -0.05) is 36.4 Å². The van der Waals surface area contributed by atoms with Crippen molar-refractivity contribution >= 4 is 32.7 Å². The van der Waals surface area contributed by atoms with Gasteiger partial charge >= 0.3 is 0 Å². The van der Waals surface area contributed by atoms with Crippen LogP contribution in [-0.4, -0.2) is 23.7 Å². The monoisotopic (exact) mass is 328 g/mol. The van der Waals surface area contributed by atoms with Crippen LogP contribution in [0.25, 0.3) is 0 Å². The largest absolute Gasteiger partial charge is 0.271 e. The van der Waals surface area contributed by atoms with Gasteiger partial charge in [-0.3, -0.25) is 4.18 Å². The molecule has 1 aliphatic heterocycles. The molecule has 0 aromatic rings. The van der Waals surface area contributed by atoms with Crippen LogP contribution in [0.2, 0.25) is 0 Å². The van der Waals surface area contributed by atoms with E-state index in [1.807, 2.05) is 0 Å². The van der Waals surface area contributed by atoms with Crippen LogP contribution in [0.4, 0.5) is 0 Å². The minimum absolute atomic E-state index is 0.0176. The van der Waals surface area contributed by atoms with Crippen molar-refractivity contribution in [3.63, 3.8) is 0 Å². The average Bonchev–Trinajstić information content (AvgIpc) is 2.46. The van der Waals surface area contributed by atoms with E-state index in [-0.39, 0.29) is 26.6 Å². The predicted octanol–water partition coefficient (Wildman–Crippen LogP) is 1.56. The first kappa shape index (κ1) is 9.84. The van der Waals surface area contributed by atoms with Crippen LogP contribution in [0, 0.1) is 17.3 Å². The maximum absolute atomic E-state index is 11.8. The predicted molar refractivity (Wildman–Crippen MR) is 60.8 cm³/mol. The van der Waals surface area contributed by atoms with Gasteiger partial charge in [0.05, 0.1) is 6.10 Å². The Labute approximate surface area is 97.9 Å². The standard InChI is InChI=1S/C9H13IO3S/c1-9(2)4-3-5-6(9)8(7(4)10)14(11,12)13-5/h4-8H,3H2,1-2H3. The Morgan fingerprint density at radius 2 is 2.07 bits per heavy atom. The second-order valence-corrected chi connectivity index (χ2v) is 8.39. The summed E-state index contributed by atoms with van der Waals surface area (Å²) in [4.78, 5) is 0. The van der Waals surface area contributed by atoms with Gasteiger partial charge in [-0.05, 0) is 17.8 Å². The van der Waals surface area contributed by atoms with E-state index in [1.54, 1.807) is 0 Å². The molecule has 5 unspecified atom stereocenters. The number of fused-ring (bicyclic) bond motifs is 1. The molecule has 5 atom stereocenters. The summed E-state index contributed by atoms with van der Waals surface area (Å²) in [5.74, 6) is 0.750. The van der Waals surface area contributed by atoms with E-state index in [4.69, 9.17) is 4.18 Å². The van der Waals surface area contributed by atoms with E-state index in [0.717, 1.165) is 6.42 Å². The first-order valence-corrected chi connectivity index (χ1v) is 7.63. The summed E-state index contributed by atoms with van der Waals surface area (Å²) in [7, 11) is -3.26. The van der Waals surface area contributed by atoms with Gasteiger partial charge in [-0.2, -0.15) is 8.42 Å². The van der Waals surface area contributed by atoms with Crippen molar-refractivity contribution < 1.29 is 12.6 Å². The minimum Gasteiger partial charge on any atom is -0.266 e. The van der Waals surface area contributed by atoms with Gasteiger partial charge in [0.2, 0.25) is 0 Å². The summed E-state index contributed by atoms with van der Waals surface area (Å²) < 4.78 is 28.9. The number of halogens is 1. The van der Waals surface area contributed by atoms with Gasteiger partial charge in [0.25, 0.3) is 10.1 Å². The van der Waals surface area contributed by atoms with Crippen LogP contribution in [-0.2, 0) is 14.3 Å². The van der Waals surface area contributed by atoms with Gasteiger partial charge in [0, 0.05) is 9.84 Å². The third kappa shape index (κ3) is 0.899. The highest BCUT2D eigenvalue weighted by Gasteiger charge is 2.71. The first-order valence-electron chi connectivity index (χ1n) is 4.92. The molecule has 0 N–H and O–H groups in total. The lowest BCUT2D eigenvalue weighted by molar-refractivity contribution is 0.171. The molecule has 1 saturated heterocycles. The molecule has 2 aliphatic carbocycles. The molecule has 5 heteroatoms. The molecule has 14 heavy (non-hydrogen) atoms. The number of hydrogen-bond donors (Lipinski definition) is 0. The molecule has 3 fully saturated rings. The van der Waals surface area contributed by atoms with Crippen LogP contribution in [0.5, 0.6) is 0 Å². The Hall–Kier alpha value is 0.640. The van der Waals surface area contributed by atoms with Gasteiger partial charge in [0.1, 0.15) is 5.25 Å². The summed E-state index contributed by atoms with van der Waals surface area (Å²) in [6.45, 7) is 4.39. The highest BCUT2D eigenvalue weighted by atomic mass is 127. The SMILES string of the molecule is CC1(C)C2CC3OS(=O)(=O)C(C2I)C31. The molecule has 3 nitrogen and oxygen atoms in total. The van der Waals surface area contributed by atoms with E-state index in [2.05, 4.69) is 36.4 Å². The Kier molecular flexibility index (Phi) is 1.74. The van der Waals surface area contributed by atoms with Gasteiger partial charge in [0.15, 0.2) is 0 Å². The Bertz CT molecular complexity index is 389. The summed E-state index contributed by atoms with van der Waals surface area (Å²) in [6.07, 6.45) is 0.914. The Morgan fingerprint density at radius 3 is 2.57 bits per heavy atom. The zero-order valence-electron chi connectivity index (χ0n) is 8.10. The first-order chi connectivity index (χ1) is 6.36. The lowest BCUT2D eigenvalue weighted by Crippen LogP contribution is -2.31. The van der Waals surface area contributed by atoms with Crippen molar-refractivity contribution in [2.24, 2.45) is 17.3 Å². The van der Waals surface area contributed by atoms with E-state index in [9.17, 15) is 8.42 Å². The van der Waals surface area contributed by atoms with E-state index >= 15 is 0 Å². The molecule has 0 aromatic heterocycles. The summed E-state index contributed by atoms with van der Waals surface area (Å²) >= 11 is 2.30. The zero-order chi connectivity index (χ0) is 10.3. The van der Waals surface area contributed by atoms with Crippen molar-refractivity contribution in [2.45, 2.75) is 35.5 Å². The highest BCUT2D eigenvalue weighted by molar-refractivity contribution is 14.1. The van der Waals surface area contributed by atoms with Crippen molar-refractivity contribution in [3.8, 4) is 0 Å². The molecular weight excluding hydrogens is 315 g/mol. The number of alkyl halides is 1. The van der Waals surface area contributed by atoms with Crippen LogP contribution >= 0.6 is 22.6 Å². The minimum atomic E-state index is -3.26. The van der Waals surface area contributed by atoms with Crippen LogP contribution in [0.1, 0.15) is 20.3 Å². The fourth-order valence-electron chi connectivity index (χ4n) is 3.70. The lowest BCUT2D eigenvalue weighted by atomic mass is 9.82. The number of hydrogen-bond acceptors (Lipinski definition) is 3. The normalized spacial score (nSPS) is 56.6. The smallest absolute Gasteiger partial charge is 0.266 e. The molecule has 3 aliphatic rings. The van der Waals surface area contributed by atoms with Crippen LogP contribution in [0.3, 0.4) is 0 Å². The Balaban J connectivity index is 2.18.